The van der Waals surface area contributed by atoms with Crippen LogP contribution in [0.3, 0.4) is 0 Å². The van der Waals surface area contributed by atoms with Crippen LogP contribution in [0.1, 0.15) is 27.7 Å². The zero-order chi connectivity index (χ0) is 19.2. The summed E-state index contributed by atoms with van der Waals surface area (Å²) in [5.41, 5.74) is 0.457. The summed E-state index contributed by atoms with van der Waals surface area (Å²) in [6.07, 6.45) is -0.203. The van der Waals surface area contributed by atoms with Gasteiger partial charge in [0.25, 0.3) is 0 Å². The molecule has 1 aliphatic heterocycles. The molecule has 1 aliphatic rings. The van der Waals surface area contributed by atoms with Gasteiger partial charge in [0, 0.05) is 25.7 Å². The maximum atomic E-state index is 11.6. The van der Waals surface area contributed by atoms with Crippen LogP contribution in [0.2, 0.25) is 5.28 Å². The molecule has 26 heavy (non-hydrogen) atoms. The highest BCUT2D eigenvalue weighted by molar-refractivity contribution is 6.28. The summed E-state index contributed by atoms with van der Waals surface area (Å²) in [5, 5.41) is 14.2. The third-order valence-corrected chi connectivity index (χ3v) is 3.69. The quantitative estimate of drug-likeness (QED) is 0.818. The number of ether oxygens (including phenoxy) is 1. The molecule has 2 heterocycles. The normalized spacial score (nSPS) is 17.3. The van der Waals surface area contributed by atoms with Crippen LogP contribution in [0.4, 0.5) is 4.79 Å². The number of hydrogen-bond donors (Lipinski definition) is 1. The van der Waals surface area contributed by atoms with Crippen molar-refractivity contribution in [1.82, 2.24) is 30.4 Å². The fourth-order valence-electron chi connectivity index (χ4n) is 2.33. The lowest BCUT2D eigenvalue weighted by molar-refractivity contribution is 0.0201. The Morgan fingerprint density at radius 1 is 1.31 bits per heavy atom. The molecule has 0 aliphatic carbocycles. The minimum absolute atomic E-state index is 0.203. The molecule has 1 atom stereocenters. The van der Waals surface area contributed by atoms with Gasteiger partial charge in [-0.25, -0.2) is 4.79 Å². The van der Waals surface area contributed by atoms with Gasteiger partial charge in [-0.15, -0.1) is 0 Å². The number of carbonyl (C=O) groups is 1. The first-order chi connectivity index (χ1) is 12.3. The molecular formula is C17H25ClN6O2. The number of aromatic nitrogens is 4. The molecule has 1 fully saturated rings. The first-order valence-electron chi connectivity index (χ1n) is 8.47. The third kappa shape index (κ3) is 6.27. The molecule has 1 aromatic carbocycles. The van der Waals surface area contributed by atoms with Crippen molar-refractivity contribution in [1.29, 1.82) is 0 Å². The molecule has 8 nitrogen and oxygen atoms in total. The summed E-state index contributed by atoms with van der Waals surface area (Å²) in [5.74, 6) is 0. The van der Waals surface area contributed by atoms with E-state index in [-0.39, 0.29) is 11.4 Å². The molecular weight excluding hydrogens is 356 g/mol. The number of carbonyl (C=O) groups excluding carboxylic acids is 1. The summed E-state index contributed by atoms with van der Waals surface area (Å²) in [7, 11) is 0. The minimum atomic E-state index is -0.398. The smallest absolute Gasteiger partial charge is 0.410 e. The fourth-order valence-corrected chi connectivity index (χ4v) is 2.49. The number of nitrogens with one attached hydrogen (secondary N) is 1. The molecule has 3 rings (SSSR count). The molecule has 1 aromatic heterocycles. The molecule has 2 aromatic rings. The van der Waals surface area contributed by atoms with Crippen molar-refractivity contribution in [2.45, 2.75) is 39.3 Å². The first kappa shape index (κ1) is 20.1. The number of nitrogens with zero attached hydrogens (tertiary/aromatic N) is 5. The van der Waals surface area contributed by atoms with Crippen LogP contribution in [0.5, 0.6) is 0 Å². The van der Waals surface area contributed by atoms with E-state index in [1.165, 1.54) is 4.68 Å². The molecule has 0 radical (unpaired) electrons. The lowest BCUT2D eigenvalue weighted by Gasteiger charge is -2.33. The van der Waals surface area contributed by atoms with E-state index < -0.39 is 5.60 Å². The lowest BCUT2D eigenvalue weighted by atomic mass is 10.2. The van der Waals surface area contributed by atoms with Crippen LogP contribution in [-0.2, 0) is 4.74 Å². The van der Waals surface area contributed by atoms with Gasteiger partial charge in [0.2, 0.25) is 5.28 Å². The number of tetrazole rings is 1. The SMILES string of the molecule is C[C@@H]1CN(C(=O)OC(C)(C)C)CCN1.Clc1nnnn1-c1ccccc1. The van der Waals surface area contributed by atoms with Crippen LogP contribution in [0.15, 0.2) is 30.3 Å². The molecule has 0 spiro atoms. The van der Waals surface area contributed by atoms with Gasteiger partial charge in [-0.1, -0.05) is 23.3 Å². The number of rotatable bonds is 1. The van der Waals surface area contributed by atoms with E-state index >= 15 is 0 Å². The second-order valence-corrected chi connectivity index (χ2v) is 7.31. The van der Waals surface area contributed by atoms with Gasteiger partial charge < -0.3 is 15.0 Å². The Morgan fingerprint density at radius 2 is 2.00 bits per heavy atom. The van der Waals surface area contributed by atoms with E-state index in [1.54, 1.807) is 4.90 Å². The van der Waals surface area contributed by atoms with Gasteiger partial charge in [0.15, 0.2) is 0 Å². The van der Waals surface area contributed by atoms with Gasteiger partial charge in [0.1, 0.15) is 5.60 Å². The maximum absolute atomic E-state index is 11.6. The van der Waals surface area contributed by atoms with Crippen molar-refractivity contribution in [3.63, 3.8) is 0 Å². The fraction of sp³-hybridized carbons (Fsp3) is 0.529. The predicted octanol–water partition coefficient (Wildman–Crippen LogP) is 2.53. The zero-order valence-electron chi connectivity index (χ0n) is 15.5. The highest BCUT2D eigenvalue weighted by Crippen LogP contribution is 2.11. The van der Waals surface area contributed by atoms with E-state index in [2.05, 4.69) is 27.8 Å². The first-order valence-corrected chi connectivity index (χ1v) is 8.84. The number of benzene rings is 1. The monoisotopic (exact) mass is 380 g/mol. The molecule has 1 N–H and O–H groups in total. The van der Waals surface area contributed by atoms with Gasteiger partial charge in [0.05, 0.1) is 5.69 Å². The van der Waals surface area contributed by atoms with Crippen LogP contribution < -0.4 is 5.32 Å². The number of amides is 1. The van der Waals surface area contributed by atoms with Crippen molar-refractivity contribution < 1.29 is 9.53 Å². The molecule has 1 amide bonds. The highest BCUT2D eigenvalue weighted by atomic mass is 35.5. The summed E-state index contributed by atoms with van der Waals surface area (Å²) in [6, 6.07) is 9.82. The second-order valence-electron chi connectivity index (χ2n) is 6.98. The van der Waals surface area contributed by atoms with Gasteiger partial charge in [-0.2, -0.15) is 4.68 Å². The number of para-hydroxylation sites is 1. The molecule has 9 heteroatoms. The van der Waals surface area contributed by atoms with Gasteiger partial charge >= 0.3 is 6.09 Å². The Labute approximate surface area is 158 Å². The third-order valence-electron chi connectivity index (χ3n) is 3.45. The van der Waals surface area contributed by atoms with Crippen molar-refractivity contribution >= 4 is 17.7 Å². The molecule has 0 bridgehead atoms. The number of piperazine rings is 1. The Balaban J connectivity index is 0.000000189. The standard InChI is InChI=1S/C10H20N2O2.C7H5ClN4/c1-8-7-12(6-5-11-8)9(13)14-10(2,3)4;8-7-9-10-11-12(7)6-4-2-1-3-5-6/h8,11H,5-7H2,1-4H3;1-5H/t8-;/m1./s1. The van der Waals surface area contributed by atoms with Crippen LogP contribution >= 0.6 is 11.6 Å². The van der Waals surface area contributed by atoms with Crippen molar-refractivity contribution in [3.8, 4) is 5.69 Å². The minimum Gasteiger partial charge on any atom is -0.444 e. The molecule has 0 saturated carbocycles. The number of hydrogen-bond acceptors (Lipinski definition) is 6. The van der Waals surface area contributed by atoms with Crippen LogP contribution in [0, 0.1) is 0 Å². The van der Waals surface area contributed by atoms with Crippen molar-refractivity contribution in [2.75, 3.05) is 19.6 Å². The Morgan fingerprint density at radius 3 is 2.54 bits per heavy atom. The van der Waals surface area contributed by atoms with Gasteiger partial charge in [-0.05, 0) is 61.9 Å². The van der Waals surface area contributed by atoms with Gasteiger partial charge in [-0.3, -0.25) is 0 Å². The van der Waals surface area contributed by atoms with E-state index in [9.17, 15) is 4.79 Å². The number of halogens is 1. The second kappa shape index (κ2) is 8.95. The van der Waals surface area contributed by atoms with E-state index in [0.29, 0.717) is 6.04 Å². The summed E-state index contributed by atoms with van der Waals surface area (Å²) in [4.78, 5) is 13.4. The molecule has 142 valence electrons. The average Bonchev–Trinajstić information content (AvgIpc) is 3.01. The zero-order valence-corrected chi connectivity index (χ0v) is 16.3. The predicted molar refractivity (Wildman–Crippen MR) is 99.4 cm³/mol. The van der Waals surface area contributed by atoms with Crippen LogP contribution in [-0.4, -0.2) is 62.5 Å². The Kier molecular flexibility index (Phi) is 6.93. The summed E-state index contributed by atoms with van der Waals surface area (Å²) in [6.45, 7) is 10.0. The maximum Gasteiger partial charge on any atom is 0.410 e. The van der Waals surface area contributed by atoms with Crippen LogP contribution in [0.25, 0.3) is 5.69 Å². The van der Waals surface area contributed by atoms with Crippen molar-refractivity contribution in [2.24, 2.45) is 0 Å². The van der Waals surface area contributed by atoms with E-state index in [4.69, 9.17) is 16.3 Å². The molecule has 1 saturated heterocycles. The Bertz CT molecular complexity index is 701. The average molecular weight is 381 g/mol. The summed E-state index contributed by atoms with van der Waals surface area (Å²) < 4.78 is 6.74. The van der Waals surface area contributed by atoms with E-state index in [1.807, 2.05) is 51.1 Å². The topological polar surface area (TPSA) is 85.2 Å². The Hall–Kier alpha value is -2.19. The van der Waals surface area contributed by atoms with Crippen molar-refractivity contribution in [3.05, 3.63) is 35.6 Å². The largest absolute Gasteiger partial charge is 0.444 e. The molecule has 0 unspecified atom stereocenters. The highest BCUT2D eigenvalue weighted by Gasteiger charge is 2.25. The van der Waals surface area contributed by atoms with E-state index in [0.717, 1.165) is 25.3 Å². The summed E-state index contributed by atoms with van der Waals surface area (Å²) >= 11 is 5.70. The lowest BCUT2D eigenvalue weighted by Crippen LogP contribution is -2.52.